The molecule has 25 heavy (non-hydrogen) atoms. The zero-order valence-electron chi connectivity index (χ0n) is 14.7. The Balaban J connectivity index is 1.26. The van der Waals surface area contributed by atoms with Gasteiger partial charge in [0.05, 0.1) is 11.9 Å². The number of carbonyl (C=O) groups excluding carboxylic acids is 2. The smallest absolute Gasteiger partial charge is 0.359 e. The zero-order valence-corrected chi connectivity index (χ0v) is 14.7. The summed E-state index contributed by atoms with van der Waals surface area (Å²) in [6.45, 7) is 2.25. The molecule has 4 fully saturated rings. The SMILES string of the molecule is Cc1cnc(C(=O)OCC(=O)NCC23CC4CC(CC(C4)C2)C3)cn1. The van der Waals surface area contributed by atoms with Crippen LogP contribution in [0.3, 0.4) is 0 Å². The van der Waals surface area contributed by atoms with Gasteiger partial charge in [0.15, 0.2) is 12.3 Å². The minimum Gasteiger partial charge on any atom is -0.451 e. The molecule has 0 radical (unpaired) electrons. The van der Waals surface area contributed by atoms with E-state index in [-0.39, 0.29) is 23.6 Å². The first-order chi connectivity index (χ1) is 12.0. The van der Waals surface area contributed by atoms with Gasteiger partial charge in [-0.1, -0.05) is 0 Å². The largest absolute Gasteiger partial charge is 0.451 e. The van der Waals surface area contributed by atoms with Gasteiger partial charge in [-0.15, -0.1) is 0 Å². The summed E-state index contributed by atoms with van der Waals surface area (Å²) < 4.78 is 5.05. The Morgan fingerprint density at radius 3 is 2.32 bits per heavy atom. The molecule has 6 heteroatoms. The van der Waals surface area contributed by atoms with Crippen molar-refractivity contribution in [2.24, 2.45) is 23.2 Å². The molecule has 0 atom stereocenters. The van der Waals surface area contributed by atoms with Crippen molar-refractivity contribution in [1.82, 2.24) is 15.3 Å². The molecule has 4 aliphatic carbocycles. The number of amides is 1. The fourth-order valence-electron chi connectivity index (χ4n) is 5.55. The Morgan fingerprint density at radius 1 is 1.12 bits per heavy atom. The lowest BCUT2D eigenvalue weighted by atomic mass is 9.49. The van der Waals surface area contributed by atoms with E-state index in [4.69, 9.17) is 4.74 Å². The lowest BCUT2D eigenvalue weighted by molar-refractivity contribution is -0.126. The number of nitrogens with zero attached hydrogens (tertiary/aromatic N) is 2. The summed E-state index contributed by atoms with van der Waals surface area (Å²) in [6.07, 6.45) is 10.8. The number of aromatic nitrogens is 2. The third-order valence-electron chi connectivity index (χ3n) is 6.15. The summed E-state index contributed by atoms with van der Waals surface area (Å²) in [6, 6.07) is 0. The first kappa shape index (κ1) is 16.5. The average Bonchev–Trinajstić information content (AvgIpc) is 2.57. The third-order valence-corrected chi connectivity index (χ3v) is 6.15. The highest BCUT2D eigenvalue weighted by atomic mass is 16.5. The molecule has 1 heterocycles. The van der Waals surface area contributed by atoms with E-state index in [1.165, 1.54) is 50.9 Å². The number of ether oxygens (including phenoxy) is 1. The molecule has 4 bridgehead atoms. The zero-order chi connectivity index (χ0) is 17.4. The molecule has 1 amide bonds. The van der Waals surface area contributed by atoms with Crippen molar-refractivity contribution in [3.63, 3.8) is 0 Å². The maximum absolute atomic E-state index is 12.1. The summed E-state index contributed by atoms with van der Waals surface area (Å²) >= 11 is 0. The normalized spacial score (nSPS) is 32.4. The van der Waals surface area contributed by atoms with Crippen molar-refractivity contribution in [2.75, 3.05) is 13.2 Å². The van der Waals surface area contributed by atoms with Gasteiger partial charge >= 0.3 is 5.97 Å². The summed E-state index contributed by atoms with van der Waals surface area (Å²) in [5.41, 5.74) is 1.14. The minimum atomic E-state index is -0.613. The number of hydrogen-bond donors (Lipinski definition) is 1. The van der Waals surface area contributed by atoms with Crippen LogP contribution < -0.4 is 5.32 Å². The highest BCUT2D eigenvalue weighted by Gasteiger charge is 2.50. The molecule has 4 saturated carbocycles. The first-order valence-corrected chi connectivity index (χ1v) is 9.24. The van der Waals surface area contributed by atoms with Gasteiger partial charge in [-0.05, 0) is 68.6 Å². The summed E-state index contributed by atoms with van der Waals surface area (Å²) in [5.74, 6) is 1.74. The molecule has 0 saturated heterocycles. The predicted octanol–water partition coefficient (Wildman–Crippen LogP) is 2.27. The van der Waals surface area contributed by atoms with Crippen LogP contribution in [0, 0.1) is 30.1 Å². The van der Waals surface area contributed by atoms with Crippen LogP contribution in [-0.2, 0) is 9.53 Å². The van der Waals surface area contributed by atoms with Gasteiger partial charge in [0, 0.05) is 12.7 Å². The molecule has 1 aromatic rings. The van der Waals surface area contributed by atoms with Crippen molar-refractivity contribution in [1.29, 1.82) is 0 Å². The Hall–Kier alpha value is -1.98. The van der Waals surface area contributed by atoms with Gasteiger partial charge in [-0.3, -0.25) is 9.78 Å². The molecule has 134 valence electrons. The van der Waals surface area contributed by atoms with Crippen molar-refractivity contribution in [2.45, 2.75) is 45.4 Å². The van der Waals surface area contributed by atoms with E-state index in [0.717, 1.165) is 30.0 Å². The summed E-state index contributed by atoms with van der Waals surface area (Å²) in [7, 11) is 0. The van der Waals surface area contributed by atoms with Crippen molar-refractivity contribution in [3.05, 3.63) is 23.8 Å². The predicted molar refractivity (Wildman–Crippen MR) is 90.7 cm³/mol. The molecular formula is C19H25N3O3. The van der Waals surface area contributed by atoms with Gasteiger partial charge < -0.3 is 10.1 Å². The Kier molecular flexibility index (Phi) is 4.21. The lowest BCUT2D eigenvalue weighted by Gasteiger charge is -2.56. The number of rotatable bonds is 5. The fourth-order valence-corrected chi connectivity index (χ4v) is 5.55. The van der Waals surface area contributed by atoms with Crippen LogP contribution in [0.5, 0.6) is 0 Å². The highest BCUT2D eigenvalue weighted by Crippen LogP contribution is 2.59. The maximum atomic E-state index is 12.1. The van der Waals surface area contributed by atoms with Crippen LogP contribution in [-0.4, -0.2) is 35.0 Å². The molecule has 5 rings (SSSR count). The number of esters is 1. The number of nitrogens with one attached hydrogen (secondary N) is 1. The van der Waals surface area contributed by atoms with Crippen molar-refractivity contribution < 1.29 is 14.3 Å². The van der Waals surface area contributed by atoms with Gasteiger partial charge in [0.25, 0.3) is 5.91 Å². The summed E-state index contributed by atoms with van der Waals surface area (Å²) in [4.78, 5) is 31.9. The van der Waals surface area contributed by atoms with Crippen LogP contribution in [0.4, 0.5) is 0 Å². The van der Waals surface area contributed by atoms with Crippen LogP contribution in [0.1, 0.15) is 54.7 Å². The van der Waals surface area contributed by atoms with Gasteiger partial charge in [0.2, 0.25) is 0 Å². The van der Waals surface area contributed by atoms with E-state index in [0.29, 0.717) is 0 Å². The van der Waals surface area contributed by atoms with Gasteiger partial charge in [-0.2, -0.15) is 0 Å². The van der Waals surface area contributed by atoms with E-state index in [9.17, 15) is 9.59 Å². The topological polar surface area (TPSA) is 81.2 Å². The first-order valence-electron chi connectivity index (χ1n) is 9.24. The number of hydrogen-bond acceptors (Lipinski definition) is 5. The molecule has 0 spiro atoms. The van der Waals surface area contributed by atoms with E-state index in [1.807, 2.05) is 0 Å². The Bertz CT molecular complexity index is 636. The van der Waals surface area contributed by atoms with E-state index >= 15 is 0 Å². The standard InChI is InChI=1S/C19H25N3O3/c1-12-8-21-16(9-20-12)18(24)25-10-17(23)22-11-19-5-13-2-14(6-19)4-15(3-13)7-19/h8-9,13-15H,2-7,10-11H2,1H3,(H,22,23). The second-order valence-electron chi connectivity index (χ2n) is 8.31. The highest BCUT2D eigenvalue weighted by molar-refractivity contribution is 5.89. The number of carbonyl (C=O) groups is 2. The monoisotopic (exact) mass is 343 g/mol. The molecule has 0 aromatic carbocycles. The maximum Gasteiger partial charge on any atom is 0.359 e. The van der Waals surface area contributed by atoms with Crippen LogP contribution in [0.2, 0.25) is 0 Å². The lowest BCUT2D eigenvalue weighted by Crippen LogP contribution is -2.51. The quantitative estimate of drug-likeness (QED) is 0.830. The molecule has 1 aromatic heterocycles. The molecular weight excluding hydrogens is 318 g/mol. The van der Waals surface area contributed by atoms with E-state index in [2.05, 4.69) is 15.3 Å². The second-order valence-corrected chi connectivity index (χ2v) is 8.31. The fraction of sp³-hybridized carbons (Fsp3) is 0.684. The van der Waals surface area contributed by atoms with Crippen LogP contribution in [0.15, 0.2) is 12.4 Å². The number of aryl methyl sites for hydroxylation is 1. The van der Waals surface area contributed by atoms with Crippen LogP contribution >= 0.6 is 0 Å². The Labute approximate surface area is 147 Å². The molecule has 1 N–H and O–H groups in total. The van der Waals surface area contributed by atoms with Crippen molar-refractivity contribution in [3.8, 4) is 0 Å². The van der Waals surface area contributed by atoms with E-state index in [1.54, 1.807) is 6.92 Å². The van der Waals surface area contributed by atoms with Crippen molar-refractivity contribution >= 4 is 11.9 Å². The van der Waals surface area contributed by atoms with E-state index < -0.39 is 5.97 Å². The molecule has 0 unspecified atom stereocenters. The van der Waals surface area contributed by atoms with Gasteiger partial charge in [-0.25, -0.2) is 9.78 Å². The third kappa shape index (κ3) is 3.53. The van der Waals surface area contributed by atoms with Crippen LogP contribution in [0.25, 0.3) is 0 Å². The molecule has 6 nitrogen and oxygen atoms in total. The van der Waals surface area contributed by atoms with Gasteiger partial charge in [0.1, 0.15) is 0 Å². The summed E-state index contributed by atoms with van der Waals surface area (Å²) in [5, 5.41) is 3.00. The Morgan fingerprint density at radius 2 is 1.76 bits per heavy atom. The second kappa shape index (κ2) is 6.39. The molecule has 4 aliphatic rings. The average molecular weight is 343 g/mol. The molecule has 0 aliphatic heterocycles. The minimum absolute atomic E-state index is 0.125.